The van der Waals surface area contributed by atoms with Gasteiger partial charge in [0.15, 0.2) is 0 Å². The molecule has 2 amide bonds. The first-order valence-corrected chi connectivity index (χ1v) is 9.73. The summed E-state index contributed by atoms with van der Waals surface area (Å²) in [7, 11) is 0. The van der Waals surface area contributed by atoms with Gasteiger partial charge >= 0.3 is 0 Å². The quantitative estimate of drug-likeness (QED) is 0.523. The number of nitrogens with one attached hydrogen (secondary N) is 2. The first-order valence-electron chi connectivity index (χ1n) is 8.16. The average Bonchev–Trinajstić information content (AvgIpc) is 3.02. The molecule has 0 aliphatic heterocycles. The van der Waals surface area contributed by atoms with Crippen LogP contribution in [0.4, 0.5) is 15.1 Å². The minimum atomic E-state index is -0.541. The highest BCUT2D eigenvalue weighted by molar-refractivity contribution is 7.18. The molecule has 3 aromatic rings. The van der Waals surface area contributed by atoms with E-state index < -0.39 is 11.7 Å². The Kier molecular flexibility index (Phi) is 6.18. The van der Waals surface area contributed by atoms with Gasteiger partial charge in [-0.3, -0.25) is 9.59 Å². The first kappa shape index (κ1) is 20.8. The van der Waals surface area contributed by atoms with E-state index in [1.807, 2.05) is 6.07 Å². The Morgan fingerprint density at radius 3 is 2.45 bits per heavy atom. The van der Waals surface area contributed by atoms with Gasteiger partial charge in [-0.05, 0) is 55.0 Å². The molecule has 1 aromatic heterocycles. The van der Waals surface area contributed by atoms with Gasteiger partial charge < -0.3 is 10.6 Å². The van der Waals surface area contributed by atoms with Gasteiger partial charge in [0.05, 0.1) is 31.1 Å². The summed E-state index contributed by atoms with van der Waals surface area (Å²) >= 11 is 13.0. The Bertz CT molecular complexity index is 1170. The lowest BCUT2D eigenvalue weighted by atomic mass is 10.2. The van der Waals surface area contributed by atoms with Crippen molar-refractivity contribution in [2.45, 2.75) is 6.92 Å². The summed E-state index contributed by atoms with van der Waals surface area (Å²) in [5, 5.41) is 14.9. The van der Waals surface area contributed by atoms with Crippen LogP contribution in [-0.4, -0.2) is 11.8 Å². The molecule has 29 heavy (non-hydrogen) atoms. The maximum atomic E-state index is 13.1. The number of halogens is 3. The van der Waals surface area contributed by atoms with Crippen LogP contribution in [0.1, 0.15) is 31.2 Å². The monoisotopic (exact) mass is 447 g/mol. The maximum Gasteiger partial charge on any atom is 0.266 e. The number of hydrogen-bond acceptors (Lipinski definition) is 4. The van der Waals surface area contributed by atoms with Crippen molar-refractivity contribution >= 4 is 57.0 Å². The number of hydrogen-bond donors (Lipinski definition) is 2. The van der Waals surface area contributed by atoms with E-state index in [1.54, 1.807) is 19.1 Å². The van der Waals surface area contributed by atoms with E-state index in [0.29, 0.717) is 26.7 Å². The molecule has 0 saturated heterocycles. The molecular weight excluding hydrogens is 436 g/mol. The molecule has 9 heteroatoms. The third-order valence-electron chi connectivity index (χ3n) is 3.88. The van der Waals surface area contributed by atoms with E-state index >= 15 is 0 Å². The van der Waals surface area contributed by atoms with Crippen molar-refractivity contribution in [2.75, 3.05) is 10.6 Å². The van der Waals surface area contributed by atoms with Crippen molar-refractivity contribution in [3.05, 3.63) is 79.9 Å². The lowest BCUT2D eigenvalue weighted by molar-refractivity contribution is 0.102. The zero-order valence-corrected chi connectivity index (χ0v) is 17.2. The highest BCUT2D eigenvalue weighted by atomic mass is 35.5. The van der Waals surface area contributed by atoms with Crippen LogP contribution in [0.5, 0.6) is 0 Å². The van der Waals surface area contributed by atoms with Gasteiger partial charge in [0.1, 0.15) is 11.9 Å². The third-order valence-corrected chi connectivity index (χ3v) is 5.66. The van der Waals surface area contributed by atoms with Gasteiger partial charge in [-0.25, -0.2) is 4.39 Å². The summed E-state index contributed by atoms with van der Waals surface area (Å²) in [5.41, 5.74) is 1.53. The molecule has 0 fully saturated rings. The highest BCUT2D eigenvalue weighted by Crippen LogP contribution is 2.29. The molecule has 0 spiro atoms. The van der Waals surface area contributed by atoms with Crippen molar-refractivity contribution in [2.24, 2.45) is 0 Å². The second kappa shape index (κ2) is 8.62. The topological polar surface area (TPSA) is 82.0 Å². The van der Waals surface area contributed by atoms with E-state index in [9.17, 15) is 14.0 Å². The largest absolute Gasteiger partial charge is 0.321 e. The molecule has 3 rings (SSSR count). The number of anilines is 2. The second-order valence-corrected chi connectivity index (χ2v) is 7.83. The molecule has 0 unspecified atom stereocenters. The molecule has 1 heterocycles. The number of amides is 2. The molecule has 0 aliphatic carbocycles. The van der Waals surface area contributed by atoms with Gasteiger partial charge in [-0.1, -0.05) is 23.2 Å². The lowest BCUT2D eigenvalue weighted by Gasteiger charge is -2.06. The predicted molar refractivity (Wildman–Crippen MR) is 113 cm³/mol. The fraction of sp³-hybridized carbons (Fsp3) is 0.0500. The average molecular weight is 448 g/mol. The Morgan fingerprint density at radius 1 is 1.03 bits per heavy atom. The molecule has 2 aromatic carbocycles. The number of rotatable bonds is 4. The summed E-state index contributed by atoms with van der Waals surface area (Å²) in [5.74, 6) is -1.43. The van der Waals surface area contributed by atoms with Crippen LogP contribution in [-0.2, 0) is 0 Å². The maximum absolute atomic E-state index is 13.1. The summed E-state index contributed by atoms with van der Waals surface area (Å²) in [6.45, 7) is 1.73. The molecule has 2 N–H and O–H groups in total. The van der Waals surface area contributed by atoms with Crippen molar-refractivity contribution in [1.82, 2.24) is 0 Å². The van der Waals surface area contributed by atoms with Crippen LogP contribution >= 0.6 is 34.5 Å². The molecule has 0 bridgehead atoms. The number of carbonyl (C=O) groups excluding carboxylic acids is 2. The Labute approximate surface area is 179 Å². The van der Waals surface area contributed by atoms with Gasteiger partial charge in [0.2, 0.25) is 0 Å². The van der Waals surface area contributed by atoms with Gasteiger partial charge in [-0.15, -0.1) is 11.3 Å². The normalized spacial score (nSPS) is 10.3. The highest BCUT2D eigenvalue weighted by Gasteiger charge is 2.17. The summed E-state index contributed by atoms with van der Waals surface area (Å²) < 4.78 is 13.1. The van der Waals surface area contributed by atoms with Crippen LogP contribution in [0.15, 0.2) is 42.5 Å². The van der Waals surface area contributed by atoms with Crippen molar-refractivity contribution < 1.29 is 14.0 Å². The van der Waals surface area contributed by atoms with E-state index in [1.165, 1.54) is 18.2 Å². The second-order valence-electron chi connectivity index (χ2n) is 5.96. The van der Waals surface area contributed by atoms with Crippen molar-refractivity contribution in [1.29, 1.82) is 5.26 Å². The summed E-state index contributed by atoms with van der Waals surface area (Å²) in [6, 6.07) is 11.7. The lowest BCUT2D eigenvalue weighted by Crippen LogP contribution is -2.12. The summed E-state index contributed by atoms with van der Waals surface area (Å²) in [6.07, 6.45) is 0. The van der Waals surface area contributed by atoms with E-state index in [4.69, 9.17) is 28.5 Å². The van der Waals surface area contributed by atoms with Crippen molar-refractivity contribution in [3.8, 4) is 6.07 Å². The van der Waals surface area contributed by atoms with Crippen LogP contribution in [0.2, 0.25) is 10.0 Å². The molecule has 0 atom stereocenters. The van der Waals surface area contributed by atoms with Crippen LogP contribution in [0.25, 0.3) is 0 Å². The minimum Gasteiger partial charge on any atom is -0.321 e. The minimum absolute atomic E-state index is 0.00793. The SMILES string of the molecule is Cc1cc(NC(=O)c2ccc(F)cc2Cl)sc1C(=O)Nc1ccc(C#N)c(Cl)c1. The number of aryl methyl sites for hydroxylation is 1. The van der Waals surface area contributed by atoms with E-state index in [2.05, 4.69) is 10.6 Å². The molecule has 0 saturated carbocycles. The molecule has 146 valence electrons. The van der Waals surface area contributed by atoms with Gasteiger partial charge in [0.25, 0.3) is 11.8 Å². The number of carbonyl (C=O) groups is 2. The first-order chi connectivity index (χ1) is 13.8. The van der Waals surface area contributed by atoms with Gasteiger partial charge in [0, 0.05) is 5.69 Å². The fourth-order valence-electron chi connectivity index (χ4n) is 2.49. The molecule has 5 nitrogen and oxygen atoms in total. The standard InChI is InChI=1S/C20H12Cl2FN3O2S/c1-10-6-17(26-19(27)14-5-3-12(23)7-16(14)22)29-18(10)20(28)25-13-4-2-11(9-24)15(21)8-13/h2-8H,1H3,(H,25,28)(H,26,27). The zero-order valence-electron chi connectivity index (χ0n) is 14.8. The Hall–Kier alpha value is -2.92. The number of nitriles is 1. The Morgan fingerprint density at radius 2 is 1.79 bits per heavy atom. The summed E-state index contributed by atoms with van der Waals surface area (Å²) in [4.78, 5) is 25.3. The van der Waals surface area contributed by atoms with Gasteiger partial charge in [-0.2, -0.15) is 5.26 Å². The molecular formula is C20H12Cl2FN3O2S. The fourth-order valence-corrected chi connectivity index (χ4v) is 3.93. The van der Waals surface area contributed by atoms with Crippen LogP contribution in [0, 0.1) is 24.1 Å². The molecule has 0 radical (unpaired) electrons. The van der Waals surface area contributed by atoms with Crippen LogP contribution in [0.3, 0.4) is 0 Å². The zero-order chi connectivity index (χ0) is 21.1. The smallest absolute Gasteiger partial charge is 0.266 e. The third kappa shape index (κ3) is 4.74. The molecule has 0 aliphatic rings. The van der Waals surface area contributed by atoms with E-state index in [0.717, 1.165) is 23.5 Å². The predicted octanol–water partition coefficient (Wildman–Crippen LogP) is 5.88. The number of nitrogens with zero attached hydrogens (tertiary/aromatic N) is 1. The van der Waals surface area contributed by atoms with Crippen LogP contribution < -0.4 is 10.6 Å². The van der Waals surface area contributed by atoms with Crippen molar-refractivity contribution in [3.63, 3.8) is 0 Å². The number of thiophene rings is 1. The number of benzene rings is 2. The van der Waals surface area contributed by atoms with E-state index in [-0.39, 0.29) is 21.5 Å². The Balaban J connectivity index is 1.75.